The molecule has 242 valence electrons. The lowest BCUT2D eigenvalue weighted by Crippen LogP contribution is -1.97. The third-order valence-corrected chi connectivity index (χ3v) is 9.84. The topological polar surface area (TPSA) is 48.2 Å². The molecule has 0 fully saturated rings. The van der Waals surface area contributed by atoms with Gasteiger partial charge in [-0.2, -0.15) is 0 Å². The second kappa shape index (κ2) is 11.9. The molecule has 0 aliphatic heterocycles. The molecule has 10 rings (SSSR count). The molecular formula is C47H28N4O. The van der Waals surface area contributed by atoms with Crippen LogP contribution >= 0.6 is 0 Å². The highest BCUT2D eigenvalue weighted by atomic mass is 16.3. The van der Waals surface area contributed by atoms with Crippen molar-refractivity contribution in [2.24, 2.45) is 0 Å². The van der Waals surface area contributed by atoms with Crippen LogP contribution in [-0.4, -0.2) is 14.5 Å². The molecule has 0 saturated heterocycles. The van der Waals surface area contributed by atoms with Crippen LogP contribution in [-0.2, 0) is 0 Å². The Kier molecular flexibility index (Phi) is 6.80. The third kappa shape index (κ3) is 4.78. The van der Waals surface area contributed by atoms with E-state index in [1.165, 1.54) is 0 Å². The third-order valence-electron chi connectivity index (χ3n) is 9.84. The lowest BCUT2D eigenvalue weighted by Gasteiger charge is -2.13. The van der Waals surface area contributed by atoms with Crippen LogP contribution in [0.3, 0.4) is 0 Å². The monoisotopic (exact) mass is 664 g/mol. The first-order chi connectivity index (χ1) is 25.7. The molecule has 0 saturated carbocycles. The number of furan rings is 1. The van der Waals surface area contributed by atoms with Gasteiger partial charge in [-0.15, -0.1) is 0 Å². The van der Waals surface area contributed by atoms with Crippen molar-refractivity contribution in [2.45, 2.75) is 0 Å². The van der Waals surface area contributed by atoms with Gasteiger partial charge in [0, 0.05) is 32.8 Å². The Morgan fingerprint density at radius 3 is 1.58 bits per heavy atom. The lowest BCUT2D eigenvalue weighted by atomic mass is 10.00. The fourth-order valence-electron chi connectivity index (χ4n) is 7.39. The number of aromatic nitrogens is 3. The molecule has 0 unspecified atom stereocenters. The minimum Gasteiger partial charge on any atom is -0.456 e. The maximum atomic E-state index is 8.18. The van der Waals surface area contributed by atoms with E-state index in [1.54, 1.807) is 0 Å². The Hall–Kier alpha value is -7.29. The molecule has 3 heterocycles. The number of nitrogens with zero attached hydrogens (tertiary/aromatic N) is 4. The quantitative estimate of drug-likeness (QED) is 0.172. The van der Waals surface area contributed by atoms with Crippen LogP contribution in [0.15, 0.2) is 174 Å². The largest absolute Gasteiger partial charge is 0.456 e. The molecular weight excluding hydrogens is 637 g/mol. The summed E-state index contributed by atoms with van der Waals surface area (Å²) < 4.78 is 8.45. The molecule has 5 heteroatoms. The first-order valence-electron chi connectivity index (χ1n) is 17.2. The molecule has 3 aromatic heterocycles. The van der Waals surface area contributed by atoms with Crippen LogP contribution in [0.2, 0.25) is 0 Å². The van der Waals surface area contributed by atoms with E-state index in [9.17, 15) is 0 Å². The van der Waals surface area contributed by atoms with Crippen molar-refractivity contribution >= 4 is 49.4 Å². The number of hydrogen-bond acceptors (Lipinski definition) is 3. The van der Waals surface area contributed by atoms with Gasteiger partial charge < -0.3 is 8.98 Å². The van der Waals surface area contributed by atoms with Crippen molar-refractivity contribution in [3.63, 3.8) is 0 Å². The summed E-state index contributed by atoms with van der Waals surface area (Å²) in [6, 6.07) is 58.1. The molecule has 0 aliphatic carbocycles. The number of fused-ring (bicyclic) bond motifs is 6. The SMILES string of the molecule is [C-]#[N+]c1c(-c2ccccc2)nc(-c2ccc3c(c2)c2cc(-c4ccc5oc6ccccc6c5c4)ccc2n3-c2ccccc2)nc1-c1ccccc1. The zero-order valence-corrected chi connectivity index (χ0v) is 27.9. The predicted molar refractivity (Wildman–Crippen MR) is 212 cm³/mol. The van der Waals surface area contributed by atoms with E-state index in [0.29, 0.717) is 22.9 Å². The van der Waals surface area contributed by atoms with E-state index in [2.05, 4.69) is 100 Å². The smallest absolute Gasteiger partial charge is 0.238 e. The minimum absolute atomic E-state index is 0.440. The highest BCUT2D eigenvalue weighted by Gasteiger charge is 2.20. The normalized spacial score (nSPS) is 11.4. The summed E-state index contributed by atoms with van der Waals surface area (Å²) in [6.07, 6.45) is 0. The summed E-state index contributed by atoms with van der Waals surface area (Å²) in [5, 5.41) is 4.43. The van der Waals surface area contributed by atoms with E-state index < -0.39 is 0 Å². The average Bonchev–Trinajstić information content (AvgIpc) is 3.76. The first-order valence-corrected chi connectivity index (χ1v) is 17.2. The second-order valence-electron chi connectivity index (χ2n) is 12.9. The van der Waals surface area contributed by atoms with Gasteiger partial charge in [0.25, 0.3) is 0 Å². The highest BCUT2D eigenvalue weighted by molar-refractivity contribution is 6.12. The fourth-order valence-corrected chi connectivity index (χ4v) is 7.39. The van der Waals surface area contributed by atoms with Gasteiger partial charge in [-0.1, -0.05) is 109 Å². The molecule has 0 amide bonds. The molecule has 0 spiro atoms. The van der Waals surface area contributed by atoms with E-state index in [1.807, 2.05) is 78.9 Å². The van der Waals surface area contributed by atoms with Gasteiger partial charge in [0.15, 0.2) is 5.82 Å². The average molecular weight is 665 g/mol. The molecule has 52 heavy (non-hydrogen) atoms. The Balaban J connectivity index is 1.21. The van der Waals surface area contributed by atoms with Crippen LogP contribution in [0.1, 0.15) is 0 Å². The van der Waals surface area contributed by atoms with Gasteiger partial charge in [0.1, 0.15) is 11.2 Å². The van der Waals surface area contributed by atoms with E-state index in [0.717, 1.165) is 77.2 Å². The molecule has 10 aromatic rings. The summed E-state index contributed by atoms with van der Waals surface area (Å²) in [5.74, 6) is 0.570. The fraction of sp³-hybridized carbons (Fsp3) is 0. The Morgan fingerprint density at radius 1 is 0.442 bits per heavy atom. The van der Waals surface area contributed by atoms with Gasteiger partial charge in [-0.05, 0) is 82.9 Å². The first kappa shape index (κ1) is 29.6. The molecule has 0 N–H and O–H groups in total. The molecule has 0 atom stereocenters. The second-order valence-corrected chi connectivity index (χ2v) is 12.9. The van der Waals surface area contributed by atoms with Crippen LogP contribution in [0.5, 0.6) is 0 Å². The highest BCUT2D eigenvalue weighted by Crippen LogP contribution is 2.41. The molecule has 7 aromatic carbocycles. The van der Waals surface area contributed by atoms with Gasteiger partial charge in [-0.3, -0.25) is 0 Å². The number of rotatable bonds is 5. The predicted octanol–water partition coefficient (Wildman–Crippen LogP) is 12.7. The Labute approximate surface area is 299 Å². The molecule has 0 aliphatic rings. The number of hydrogen-bond donors (Lipinski definition) is 0. The van der Waals surface area contributed by atoms with Gasteiger partial charge in [0.2, 0.25) is 5.69 Å². The Bertz CT molecular complexity index is 2950. The van der Waals surface area contributed by atoms with Crippen molar-refractivity contribution in [1.29, 1.82) is 0 Å². The zero-order chi connectivity index (χ0) is 34.6. The summed E-state index contributed by atoms with van der Waals surface area (Å²) in [6.45, 7) is 8.18. The van der Waals surface area contributed by atoms with Gasteiger partial charge in [0.05, 0.1) is 29.0 Å². The maximum absolute atomic E-state index is 8.18. The van der Waals surface area contributed by atoms with E-state index in [-0.39, 0.29) is 0 Å². The summed E-state index contributed by atoms with van der Waals surface area (Å²) in [4.78, 5) is 14.2. The van der Waals surface area contributed by atoms with Crippen molar-refractivity contribution in [1.82, 2.24) is 14.5 Å². The number of benzene rings is 7. The Morgan fingerprint density at radius 2 is 0.942 bits per heavy atom. The van der Waals surface area contributed by atoms with Gasteiger partial charge >= 0.3 is 0 Å². The van der Waals surface area contributed by atoms with Crippen molar-refractivity contribution in [3.8, 4) is 50.7 Å². The summed E-state index contributed by atoms with van der Waals surface area (Å²) >= 11 is 0. The minimum atomic E-state index is 0.440. The maximum Gasteiger partial charge on any atom is 0.238 e. The zero-order valence-electron chi connectivity index (χ0n) is 27.9. The molecule has 5 nitrogen and oxygen atoms in total. The van der Waals surface area contributed by atoms with Crippen molar-refractivity contribution in [3.05, 3.63) is 181 Å². The van der Waals surface area contributed by atoms with Crippen molar-refractivity contribution in [2.75, 3.05) is 0 Å². The van der Waals surface area contributed by atoms with E-state index in [4.69, 9.17) is 21.0 Å². The standard InChI is InChI=1S/C47H28N4O/c1-48-46-44(30-13-5-2-6-14-30)49-47(50-45(46)31-15-7-3-8-16-31)34-22-25-41-38(29-34)37-27-32(21-24-40(37)51(41)35-17-9-4-10-18-35)33-23-26-43-39(28-33)36-19-11-12-20-42(36)52-43/h2-29H. The lowest BCUT2D eigenvalue weighted by molar-refractivity contribution is 0.669. The molecule has 0 bridgehead atoms. The van der Waals surface area contributed by atoms with Crippen LogP contribution < -0.4 is 0 Å². The van der Waals surface area contributed by atoms with Gasteiger partial charge in [-0.25, -0.2) is 14.8 Å². The number of para-hydroxylation sites is 2. The summed E-state index contributed by atoms with van der Waals surface area (Å²) in [7, 11) is 0. The van der Waals surface area contributed by atoms with Crippen LogP contribution in [0.25, 0.3) is 99.3 Å². The van der Waals surface area contributed by atoms with Crippen LogP contribution in [0.4, 0.5) is 5.69 Å². The van der Waals surface area contributed by atoms with Crippen molar-refractivity contribution < 1.29 is 4.42 Å². The van der Waals surface area contributed by atoms with Crippen LogP contribution in [0, 0.1) is 6.57 Å². The summed E-state index contributed by atoms with van der Waals surface area (Å²) in [5.41, 5.74) is 11.6. The molecule has 0 radical (unpaired) electrons. The van der Waals surface area contributed by atoms with E-state index >= 15 is 0 Å².